The normalized spacial score (nSPS) is 15.6. The van der Waals surface area contributed by atoms with Crippen LogP contribution in [-0.2, 0) is 9.53 Å². The van der Waals surface area contributed by atoms with Crippen molar-refractivity contribution in [2.24, 2.45) is 5.92 Å². The lowest BCUT2D eigenvalue weighted by Gasteiger charge is -1.88. The molecule has 0 saturated heterocycles. The summed E-state index contributed by atoms with van der Waals surface area (Å²) in [5.41, 5.74) is 0. The highest BCUT2D eigenvalue weighted by atomic mass is 35.5. The molecule has 0 aromatic rings. The molecule has 10 heavy (non-hydrogen) atoms. The van der Waals surface area contributed by atoms with Gasteiger partial charge in [-0.25, -0.2) is 0 Å². The highest BCUT2D eigenvalue weighted by Gasteiger charge is 2.27. The zero-order valence-electron chi connectivity index (χ0n) is 5.72. The molecule has 0 radical (unpaired) electrons. The number of carbonyl (C=O) groups excluding carboxylic acids is 1. The molecule has 0 aromatic heterocycles. The van der Waals surface area contributed by atoms with Gasteiger partial charge in [-0.05, 0) is 18.8 Å². The molecule has 4 heteroatoms. The minimum absolute atomic E-state index is 0.0926. The molecule has 1 rings (SSSR count). The van der Waals surface area contributed by atoms with Crippen molar-refractivity contribution in [3.63, 3.8) is 0 Å². The molecule has 1 aliphatic rings. The van der Waals surface area contributed by atoms with E-state index in [4.69, 9.17) is 28.0 Å². The van der Waals surface area contributed by atoms with Crippen LogP contribution < -0.4 is 0 Å². The molecule has 1 fully saturated rings. The Kier molecular flexibility index (Phi) is 5.84. The van der Waals surface area contributed by atoms with E-state index in [1.807, 2.05) is 0 Å². The molecule has 60 valence electrons. The summed E-state index contributed by atoms with van der Waals surface area (Å²) in [6.07, 6.45) is 2.47. The number of halogens is 2. The molecular weight excluding hydrogens is 175 g/mol. The van der Waals surface area contributed by atoms with Crippen molar-refractivity contribution in [2.45, 2.75) is 17.7 Å². The maximum Gasteiger partial charge on any atom is 0.292 e. The van der Waals surface area contributed by atoms with Gasteiger partial charge in [0.1, 0.15) is 4.84 Å². The summed E-state index contributed by atoms with van der Waals surface area (Å²) in [4.78, 5) is 8.86. The number of ether oxygens (including phenoxy) is 1. The zero-order chi connectivity index (χ0) is 7.98. The zero-order valence-corrected chi connectivity index (χ0v) is 7.23. The molecule has 2 nitrogen and oxygen atoms in total. The minimum Gasteiger partial charge on any atom is -0.471 e. The number of alkyl halides is 2. The van der Waals surface area contributed by atoms with Crippen molar-refractivity contribution >= 4 is 29.7 Å². The molecular formula is C6H10Cl2O2. The summed E-state index contributed by atoms with van der Waals surface area (Å²) in [6.45, 7) is 0.375. The summed E-state index contributed by atoms with van der Waals surface area (Å²) < 4.78 is 3.86. The second-order valence-corrected chi connectivity index (χ2v) is 3.17. The van der Waals surface area contributed by atoms with E-state index in [-0.39, 0.29) is 4.84 Å². The molecule has 0 N–H and O–H groups in total. The van der Waals surface area contributed by atoms with Gasteiger partial charge in [-0.1, -0.05) is 0 Å². The Hall–Kier alpha value is 0.0500. The highest BCUT2D eigenvalue weighted by Crippen LogP contribution is 2.37. The van der Waals surface area contributed by atoms with Crippen LogP contribution in [0.15, 0.2) is 0 Å². The molecule has 0 spiro atoms. The fourth-order valence-electron chi connectivity index (χ4n) is 0.348. The van der Waals surface area contributed by atoms with Gasteiger partial charge in [0, 0.05) is 0 Å². The second-order valence-electron chi connectivity index (χ2n) is 2.00. The van der Waals surface area contributed by atoms with Gasteiger partial charge in [0.25, 0.3) is 6.47 Å². The van der Waals surface area contributed by atoms with Crippen molar-refractivity contribution in [1.29, 1.82) is 0 Å². The van der Waals surface area contributed by atoms with E-state index in [9.17, 15) is 0 Å². The van der Waals surface area contributed by atoms with E-state index in [0.29, 0.717) is 12.4 Å². The Balaban J connectivity index is 0.000000180. The topological polar surface area (TPSA) is 26.3 Å². The van der Waals surface area contributed by atoms with Gasteiger partial charge in [0.2, 0.25) is 0 Å². The number of hydrogen-bond donors (Lipinski definition) is 0. The lowest BCUT2D eigenvalue weighted by molar-refractivity contribution is -0.126. The summed E-state index contributed by atoms with van der Waals surface area (Å²) in [5.74, 6) is 0.633. The van der Waals surface area contributed by atoms with Crippen LogP contribution in [0.1, 0.15) is 12.8 Å². The third-order valence-electron chi connectivity index (χ3n) is 1.07. The van der Waals surface area contributed by atoms with Crippen LogP contribution in [-0.4, -0.2) is 18.4 Å². The first-order valence-corrected chi connectivity index (χ1v) is 3.84. The van der Waals surface area contributed by atoms with E-state index in [0.717, 1.165) is 0 Å². The monoisotopic (exact) mass is 184 g/mol. The highest BCUT2D eigenvalue weighted by molar-refractivity contribution is 6.44. The maximum atomic E-state index is 8.95. The predicted octanol–water partition coefficient (Wildman–Crippen LogP) is 1.99. The first-order chi connectivity index (χ1) is 4.72. The van der Waals surface area contributed by atoms with Crippen LogP contribution in [0, 0.1) is 5.92 Å². The van der Waals surface area contributed by atoms with Crippen LogP contribution in [0.2, 0.25) is 0 Å². The van der Waals surface area contributed by atoms with Gasteiger partial charge >= 0.3 is 0 Å². The van der Waals surface area contributed by atoms with Crippen LogP contribution in [0.4, 0.5) is 0 Å². The Morgan fingerprint density at radius 2 is 2.00 bits per heavy atom. The van der Waals surface area contributed by atoms with Crippen molar-refractivity contribution in [1.82, 2.24) is 0 Å². The number of hydrogen-bond acceptors (Lipinski definition) is 2. The van der Waals surface area contributed by atoms with E-state index in [1.54, 1.807) is 0 Å². The molecule has 0 atom stereocenters. The van der Waals surface area contributed by atoms with E-state index in [1.165, 1.54) is 20.0 Å². The Morgan fingerprint density at radius 1 is 1.60 bits per heavy atom. The van der Waals surface area contributed by atoms with Crippen LogP contribution in [0.3, 0.4) is 0 Å². The average molecular weight is 185 g/mol. The van der Waals surface area contributed by atoms with Gasteiger partial charge in [0.05, 0.1) is 7.11 Å². The smallest absolute Gasteiger partial charge is 0.292 e. The average Bonchev–Trinajstić information content (AvgIpc) is 2.69. The second kappa shape index (κ2) is 5.81. The van der Waals surface area contributed by atoms with Crippen molar-refractivity contribution in [3.05, 3.63) is 0 Å². The lowest BCUT2D eigenvalue weighted by atomic mass is 10.5. The van der Waals surface area contributed by atoms with Gasteiger partial charge in [-0.15, -0.1) is 23.2 Å². The predicted molar refractivity (Wildman–Crippen MR) is 41.3 cm³/mol. The van der Waals surface area contributed by atoms with E-state index >= 15 is 0 Å². The summed E-state index contributed by atoms with van der Waals surface area (Å²) >= 11 is 10.9. The number of carbonyl (C=O) groups is 1. The fraction of sp³-hybridized carbons (Fsp3) is 0.833. The SMILES string of the molecule is COC=O.ClC(Cl)C1CC1. The molecule has 0 amide bonds. The van der Waals surface area contributed by atoms with Gasteiger partial charge in [-0.2, -0.15) is 0 Å². The molecule has 1 aliphatic carbocycles. The first kappa shape index (κ1) is 10.0. The molecule has 1 saturated carbocycles. The molecule has 0 unspecified atom stereocenters. The van der Waals surface area contributed by atoms with Gasteiger partial charge in [-0.3, -0.25) is 4.79 Å². The number of methoxy groups -OCH3 is 1. The quantitative estimate of drug-likeness (QED) is 0.485. The Labute approximate surface area is 70.4 Å². The Morgan fingerprint density at radius 3 is 2.00 bits per heavy atom. The van der Waals surface area contributed by atoms with Crippen molar-refractivity contribution in [2.75, 3.05) is 7.11 Å². The van der Waals surface area contributed by atoms with Crippen molar-refractivity contribution in [3.8, 4) is 0 Å². The molecule has 0 aromatic carbocycles. The molecule has 0 heterocycles. The van der Waals surface area contributed by atoms with E-state index in [2.05, 4.69) is 4.74 Å². The third-order valence-corrected chi connectivity index (χ3v) is 1.79. The van der Waals surface area contributed by atoms with Crippen LogP contribution in [0.5, 0.6) is 0 Å². The maximum absolute atomic E-state index is 8.95. The largest absolute Gasteiger partial charge is 0.471 e. The Bertz CT molecular complexity index is 91.7. The summed E-state index contributed by atoms with van der Waals surface area (Å²) in [5, 5.41) is 0. The third kappa shape index (κ3) is 6.17. The standard InChI is InChI=1S/C4H6Cl2.C2H4O2/c5-4(6)3-1-2-3;1-4-2-3/h3-4H,1-2H2;2H,1H3. The van der Waals surface area contributed by atoms with Crippen LogP contribution in [0.25, 0.3) is 0 Å². The first-order valence-electron chi connectivity index (χ1n) is 2.97. The van der Waals surface area contributed by atoms with Crippen molar-refractivity contribution < 1.29 is 9.53 Å². The summed E-state index contributed by atoms with van der Waals surface area (Å²) in [6, 6.07) is 0. The van der Waals surface area contributed by atoms with E-state index < -0.39 is 0 Å². The minimum atomic E-state index is -0.0926. The number of rotatable bonds is 2. The van der Waals surface area contributed by atoms with Crippen LogP contribution >= 0.6 is 23.2 Å². The van der Waals surface area contributed by atoms with Gasteiger partial charge in [0.15, 0.2) is 0 Å². The summed E-state index contributed by atoms with van der Waals surface area (Å²) in [7, 11) is 1.31. The fourth-order valence-corrected chi connectivity index (χ4v) is 0.852. The molecule has 0 bridgehead atoms. The molecule has 0 aliphatic heterocycles. The lowest BCUT2D eigenvalue weighted by Crippen LogP contribution is -1.84. The van der Waals surface area contributed by atoms with Gasteiger partial charge < -0.3 is 4.74 Å².